The highest BCUT2D eigenvalue weighted by Gasteiger charge is 2.42. The summed E-state index contributed by atoms with van der Waals surface area (Å²) in [5.41, 5.74) is 0. The lowest BCUT2D eigenvalue weighted by atomic mass is 9.99. The molecule has 4 atom stereocenters. The Labute approximate surface area is 74.0 Å². The van der Waals surface area contributed by atoms with Gasteiger partial charge in [-0.2, -0.15) is 0 Å². The second kappa shape index (κ2) is 4.21. The van der Waals surface area contributed by atoms with Crippen LogP contribution in [-0.4, -0.2) is 39.1 Å². The van der Waals surface area contributed by atoms with Gasteiger partial charge in [-0.05, 0) is 6.92 Å². The molecule has 1 aliphatic rings. The number of methoxy groups -OCH3 is 2. The number of ether oxygens (including phenoxy) is 3. The molecular formula is C9H18O3. The minimum atomic E-state index is 0.157. The molecule has 1 saturated heterocycles. The first kappa shape index (κ1) is 9.96. The maximum absolute atomic E-state index is 5.37. The van der Waals surface area contributed by atoms with Crippen molar-refractivity contribution in [2.45, 2.75) is 32.2 Å². The van der Waals surface area contributed by atoms with E-state index in [-0.39, 0.29) is 6.10 Å². The predicted octanol–water partition coefficient (Wildman–Crippen LogP) is 1.07. The summed E-state index contributed by atoms with van der Waals surface area (Å²) in [4.78, 5) is 0. The normalized spacial score (nSPS) is 33.0. The Bertz CT molecular complexity index is 138. The zero-order chi connectivity index (χ0) is 9.14. The van der Waals surface area contributed by atoms with Gasteiger partial charge in [0.25, 0.3) is 0 Å². The van der Waals surface area contributed by atoms with Crippen molar-refractivity contribution in [3.05, 3.63) is 0 Å². The van der Waals surface area contributed by atoms with Crippen molar-refractivity contribution < 1.29 is 14.2 Å². The standard InChI is InChI=1S/C9H18O3/c1-6(9-7(2)12-9)8(11-4)5-10-3/h6-9H,5H2,1-4H3/t6-,7-,8+,9-/m1/s1. The number of hydrogen-bond acceptors (Lipinski definition) is 3. The third kappa shape index (κ3) is 2.19. The molecule has 0 bridgehead atoms. The van der Waals surface area contributed by atoms with E-state index in [1.54, 1.807) is 14.2 Å². The Morgan fingerprint density at radius 3 is 2.33 bits per heavy atom. The van der Waals surface area contributed by atoms with Gasteiger partial charge in [-0.25, -0.2) is 0 Å². The topological polar surface area (TPSA) is 31.0 Å². The summed E-state index contributed by atoms with van der Waals surface area (Å²) in [6.07, 6.45) is 0.921. The van der Waals surface area contributed by atoms with Crippen LogP contribution in [0.15, 0.2) is 0 Å². The van der Waals surface area contributed by atoms with Gasteiger partial charge in [0.1, 0.15) is 0 Å². The van der Waals surface area contributed by atoms with Crippen LogP contribution in [0.2, 0.25) is 0 Å². The SMILES string of the molecule is COC[C@H](OC)[C@@H](C)[C@H]1O[C@@H]1C. The van der Waals surface area contributed by atoms with Crippen molar-refractivity contribution in [3.8, 4) is 0 Å². The lowest BCUT2D eigenvalue weighted by molar-refractivity contribution is -0.0103. The smallest absolute Gasteiger partial charge is 0.0890 e. The van der Waals surface area contributed by atoms with Gasteiger partial charge < -0.3 is 14.2 Å². The summed E-state index contributed by atoms with van der Waals surface area (Å²) in [6, 6.07) is 0. The van der Waals surface area contributed by atoms with E-state index in [2.05, 4.69) is 13.8 Å². The fourth-order valence-electron chi connectivity index (χ4n) is 1.56. The van der Waals surface area contributed by atoms with Crippen LogP contribution in [-0.2, 0) is 14.2 Å². The van der Waals surface area contributed by atoms with Gasteiger partial charge in [-0.1, -0.05) is 6.92 Å². The summed E-state index contributed by atoms with van der Waals surface area (Å²) < 4.78 is 15.7. The second-order valence-electron chi connectivity index (χ2n) is 3.39. The highest BCUT2D eigenvalue weighted by Crippen LogP contribution is 2.31. The number of rotatable bonds is 5. The molecule has 3 nitrogen and oxygen atoms in total. The van der Waals surface area contributed by atoms with Crippen molar-refractivity contribution >= 4 is 0 Å². The zero-order valence-corrected chi connectivity index (χ0v) is 8.24. The van der Waals surface area contributed by atoms with Crippen LogP contribution in [0.5, 0.6) is 0 Å². The minimum absolute atomic E-state index is 0.157. The summed E-state index contributed by atoms with van der Waals surface area (Å²) in [5, 5.41) is 0. The zero-order valence-electron chi connectivity index (χ0n) is 8.24. The van der Waals surface area contributed by atoms with Crippen LogP contribution in [0.3, 0.4) is 0 Å². The third-order valence-corrected chi connectivity index (χ3v) is 2.50. The molecule has 0 radical (unpaired) electrons. The lowest BCUT2D eigenvalue weighted by Gasteiger charge is -2.20. The molecule has 0 aromatic rings. The predicted molar refractivity (Wildman–Crippen MR) is 46.2 cm³/mol. The van der Waals surface area contributed by atoms with E-state index >= 15 is 0 Å². The molecule has 0 spiro atoms. The van der Waals surface area contributed by atoms with E-state index in [1.165, 1.54) is 0 Å². The van der Waals surface area contributed by atoms with Crippen LogP contribution >= 0.6 is 0 Å². The highest BCUT2D eigenvalue weighted by molar-refractivity contribution is 4.88. The fourth-order valence-corrected chi connectivity index (χ4v) is 1.56. The lowest BCUT2D eigenvalue weighted by Crippen LogP contribution is -2.29. The van der Waals surface area contributed by atoms with E-state index in [0.717, 1.165) is 0 Å². The fraction of sp³-hybridized carbons (Fsp3) is 1.00. The first-order chi connectivity index (χ1) is 5.70. The van der Waals surface area contributed by atoms with Gasteiger partial charge in [-0.15, -0.1) is 0 Å². The van der Waals surface area contributed by atoms with Crippen LogP contribution in [0, 0.1) is 5.92 Å². The summed E-state index contributed by atoms with van der Waals surface area (Å²) in [7, 11) is 3.41. The average Bonchev–Trinajstić information content (AvgIpc) is 2.77. The van der Waals surface area contributed by atoms with Crippen LogP contribution in [0.1, 0.15) is 13.8 Å². The Morgan fingerprint density at radius 2 is 2.00 bits per heavy atom. The monoisotopic (exact) mass is 174 g/mol. The molecule has 1 heterocycles. The van der Waals surface area contributed by atoms with Gasteiger partial charge in [-0.3, -0.25) is 0 Å². The Morgan fingerprint density at radius 1 is 1.42 bits per heavy atom. The van der Waals surface area contributed by atoms with Gasteiger partial charge in [0.15, 0.2) is 0 Å². The van der Waals surface area contributed by atoms with E-state index in [9.17, 15) is 0 Å². The maximum Gasteiger partial charge on any atom is 0.0890 e. The molecule has 0 saturated carbocycles. The van der Waals surface area contributed by atoms with E-state index < -0.39 is 0 Å². The van der Waals surface area contributed by atoms with Crippen LogP contribution < -0.4 is 0 Å². The molecule has 3 heteroatoms. The molecule has 1 fully saturated rings. The van der Waals surface area contributed by atoms with E-state index in [4.69, 9.17) is 14.2 Å². The Kier molecular flexibility index (Phi) is 3.50. The van der Waals surface area contributed by atoms with Gasteiger partial charge in [0.05, 0.1) is 24.9 Å². The van der Waals surface area contributed by atoms with E-state index in [1.807, 2.05) is 0 Å². The molecule has 72 valence electrons. The Hall–Kier alpha value is -0.120. The van der Waals surface area contributed by atoms with E-state index in [0.29, 0.717) is 24.7 Å². The first-order valence-corrected chi connectivity index (χ1v) is 4.38. The van der Waals surface area contributed by atoms with Gasteiger partial charge in [0, 0.05) is 20.1 Å². The molecule has 0 aromatic heterocycles. The molecular weight excluding hydrogens is 156 g/mol. The first-order valence-electron chi connectivity index (χ1n) is 4.38. The maximum atomic E-state index is 5.37. The molecule has 1 rings (SSSR count). The molecule has 12 heavy (non-hydrogen) atoms. The summed E-state index contributed by atoms with van der Waals surface area (Å²) in [5.74, 6) is 0.421. The molecule has 0 aromatic carbocycles. The molecule has 1 aliphatic heterocycles. The van der Waals surface area contributed by atoms with Crippen molar-refractivity contribution in [2.24, 2.45) is 5.92 Å². The largest absolute Gasteiger partial charge is 0.382 e. The highest BCUT2D eigenvalue weighted by atomic mass is 16.6. The summed E-state index contributed by atoms with van der Waals surface area (Å²) in [6.45, 7) is 4.87. The summed E-state index contributed by atoms with van der Waals surface area (Å²) >= 11 is 0. The molecule has 0 aliphatic carbocycles. The van der Waals surface area contributed by atoms with Crippen molar-refractivity contribution in [1.82, 2.24) is 0 Å². The van der Waals surface area contributed by atoms with Crippen LogP contribution in [0.25, 0.3) is 0 Å². The molecule has 0 unspecified atom stereocenters. The van der Waals surface area contributed by atoms with Crippen molar-refractivity contribution in [3.63, 3.8) is 0 Å². The van der Waals surface area contributed by atoms with Crippen molar-refractivity contribution in [2.75, 3.05) is 20.8 Å². The molecule has 0 N–H and O–H groups in total. The minimum Gasteiger partial charge on any atom is -0.382 e. The Balaban J connectivity index is 2.31. The third-order valence-electron chi connectivity index (χ3n) is 2.50. The second-order valence-corrected chi connectivity index (χ2v) is 3.39. The van der Waals surface area contributed by atoms with Crippen LogP contribution in [0.4, 0.5) is 0 Å². The van der Waals surface area contributed by atoms with Crippen molar-refractivity contribution in [1.29, 1.82) is 0 Å². The molecule has 0 amide bonds. The van der Waals surface area contributed by atoms with Gasteiger partial charge in [0.2, 0.25) is 0 Å². The number of epoxide rings is 1. The number of hydrogen-bond donors (Lipinski definition) is 0. The quantitative estimate of drug-likeness (QED) is 0.584. The van der Waals surface area contributed by atoms with Gasteiger partial charge >= 0.3 is 0 Å². The average molecular weight is 174 g/mol.